The fourth-order valence-corrected chi connectivity index (χ4v) is 1.81. The van der Waals surface area contributed by atoms with Crippen LogP contribution in [0.2, 0.25) is 0 Å². The summed E-state index contributed by atoms with van der Waals surface area (Å²) in [5.74, 6) is 0. The third kappa shape index (κ3) is 3.46. The molecule has 0 saturated carbocycles. The first-order valence-corrected chi connectivity index (χ1v) is 6.09. The predicted molar refractivity (Wildman–Crippen MR) is 79.0 cm³/mol. The third-order valence-corrected chi connectivity index (χ3v) is 2.59. The second-order valence-corrected chi connectivity index (χ2v) is 4.32. The van der Waals surface area contributed by atoms with Gasteiger partial charge >= 0.3 is 0 Å². The second kappa shape index (κ2) is 6.02. The van der Waals surface area contributed by atoms with Gasteiger partial charge in [0.25, 0.3) is 0 Å². The van der Waals surface area contributed by atoms with Crippen LogP contribution in [0.1, 0.15) is 5.56 Å². The number of para-hydroxylation sites is 1. The van der Waals surface area contributed by atoms with E-state index < -0.39 is 0 Å². The van der Waals surface area contributed by atoms with E-state index in [9.17, 15) is 0 Å². The normalized spacial score (nSPS) is 9.78. The Balaban J connectivity index is 2.18. The third-order valence-electron chi connectivity index (χ3n) is 2.50. The molecule has 0 aromatic heterocycles. The van der Waals surface area contributed by atoms with Gasteiger partial charge in [-0.3, -0.25) is 10.4 Å². The van der Waals surface area contributed by atoms with Crippen molar-refractivity contribution < 1.29 is 0 Å². The molecule has 0 unspecified atom stereocenters. The Kier molecular flexibility index (Phi) is 4.15. The molecular weight excluding hydrogens is 242 g/mol. The van der Waals surface area contributed by atoms with E-state index in [0.29, 0.717) is 6.54 Å². The zero-order valence-corrected chi connectivity index (χ0v) is 10.7. The van der Waals surface area contributed by atoms with Gasteiger partial charge < -0.3 is 5.73 Å². The quantitative estimate of drug-likeness (QED) is 0.652. The number of hydrogen-bond acceptors (Lipinski definition) is 2. The van der Waals surface area contributed by atoms with Gasteiger partial charge in [-0.05, 0) is 29.9 Å². The van der Waals surface area contributed by atoms with E-state index >= 15 is 0 Å². The lowest BCUT2D eigenvalue weighted by atomic mass is 10.2. The van der Waals surface area contributed by atoms with Gasteiger partial charge in [0, 0.05) is 0 Å². The fraction of sp³-hybridized carbons (Fsp3) is 0.0714. The van der Waals surface area contributed by atoms with Gasteiger partial charge in [0.15, 0.2) is 5.11 Å². The Hall–Kier alpha value is -2.07. The lowest BCUT2D eigenvalue weighted by Gasteiger charge is -2.25. The van der Waals surface area contributed by atoms with Crippen LogP contribution in [0.15, 0.2) is 60.7 Å². The van der Waals surface area contributed by atoms with Gasteiger partial charge in [0.05, 0.1) is 12.2 Å². The molecule has 2 rings (SSSR count). The van der Waals surface area contributed by atoms with Crippen molar-refractivity contribution in [1.29, 1.82) is 0 Å². The molecule has 2 aromatic rings. The van der Waals surface area contributed by atoms with E-state index in [-0.39, 0.29) is 5.11 Å². The Morgan fingerprint density at radius 2 is 1.56 bits per heavy atom. The molecule has 0 amide bonds. The van der Waals surface area contributed by atoms with E-state index in [1.807, 2.05) is 53.5 Å². The SMILES string of the molecule is NC(=S)NN(Cc1ccccc1)c1ccccc1. The van der Waals surface area contributed by atoms with Crippen LogP contribution in [0.25, 0.3) is 0 Å². The molecule has 0 atom stereocenters. The Morgan fingerprint density at radius 1 is 1.00 bits per heavy atom. The van der Waals surface area contributed by atoms with Crippen molar-refractivity contribution in [2.75, 3.05) is 5.01 Å². The molecule has 0 fully saturated rings. The van der Waals surface area contributed by atoms with Gasteiger partial charge in [-0.15, -0.1) is 0 Å². The topological polar surface area (TPSA) is 41.3 Å². The molecule has 0 saturated heterocycles. The molecule has 92 valence electrons. The molecule has 0 heterocycles. The minimum absolute atomic E-state index is 0.259. The lowest BCUT2D eigenvalue weighted by molar-refractivity contribution is 0.766. The summed E-state index contributed by atoms with van der Waals surface area (Å²) in [6.45, 7) is 0.697. The maximum atomic E-state index is 5.56. The number of nitrogens with one attached hydrogen (secondary N) is 1. The maximum absolute atomic E-state index is 5.56. The number of nitrogens with zero attached hydrogens (tertiary/aromatic N) is 1. The fourth-order valence-electron chi connectivity index (χ4n) is 1.70. The number of benzene rings is 2. The zero-order valence-electron chi connectivity index (χ0n) is 9.91. The van der Waals surface area contributed by atoms with E-state index in [1.54, 1.807) is 0 Å². The summed E-state index contributed by atoms with van der Waals surface area (Å²) in [6.07, 6.45) is 0. The smallest absolute Gasteiger partial charge is 0.182 e. The highest BCUT2D eigenvalue weighted by atomic mass is 32.1. The summed E-state index contributed by atoms with van der Waals surface area (Å²) >= 11 is 4.91. The number of thiocarbonyl (C=S) groups is 1. The van der Waals surface area contributed by atoms with Gasteiger partial charge in [0.1, 0.15) is 0 Å². The second-order valence-electron chi connectivity index (χ2n) is 3.88. The van der Waals surface area contributed by atoms with Crippen LogP contribution in [-0.2, 0) is 6.54 Å². The molecule has 0 bridgehead atoms. The van der Waals surface area contributed by atoms with Crippen LogP contribution in [0.3, 0.4) is 0 Å². The first-order chi connectivity index (χ1) is 8.75. The van der Waals surface area contributed by atoms with Crippen LogP contribution in [-0.4, -0.2) is 5.11 Å². The Bertz CT molecular complexity index is 499. The van der Waals surface area contributed by atoms with Crippen molar-refractivity contribution in [3.63, 3.8) is 0 Å². The number of anilines is 1. The molecule has 0 aliphatic rings. The number of rotatable bonds is 4. The first kappa shape index (κ1) is 12.4. The van der Waals surface area contributed by atoms with Crippen molar-refractivity contribution in [2.45, 2.75) is 6.54 Å². The average molecular weight is 257 g/mol. The molecule has 0 aliphatic carbocycles. The summed E-state index contributed by atoms with van der Waals surface area (Å²) in [5.41, 5.74) is 10.8. The highest BCUT2D eigenvalue weighted by Gasteiger charge is 2.06. The molecule has 0 radical (unpaired) electrons. The highest BCUT2D eigenvalue weighted by Crippen LogP contribution is 2.14. The first-order valence-electron chi connectivity index (χ1n) is 5.68. The van der Waals surface area contributed by atoms with Crippen molar-refractivity contribution in [3.05, 3.63) is 66.2 Å². The van der Waals surface area contributed by atoms with Crippen molar-refractivity contribution in [2.24, 2.45) is 5.73 Å². The molecule has 0 spiro atoms. The van der Waals surface area contributed by atoms with E-state index in [4.69, 9.17) is 18.0 Å². The Labute approximate surface area is 112 Å². The summed E-state index contributed by atoms with van der Waals surface area (Å²) < 4.78 is 0. The summed E-state index contributed by atoms with van der Waals surface area (Å²) in [5, 5.41) is 2.19. The van der Waals surface area contributed by atoms with E-state index in [1.165, 1.54) is 5.56 Å². The monoisotopic (exact) mass is 257 g/mol. The van der Waals surface area contributed by atoms with Crippen molar-refractivity contribution in [3.8, 4) is 0 Å². The molecule has 18 heavy (non-hydrogen) atoms. The van der Waals surface area contributed by atoms with E-state index in [0.717, 1.165) is 5.69 Å². The molecular formula is C14H15N3S. The van der Waals surface area contributed by atoms with Crippen LogP contribution in [0.4, 0.5) is 5.69 Å². The van der Waals surface area contributed by atoms with Gasteiger partial charge in [-0.2, -0.15) is 0 Å². The highest BCUT2D eigenvalue weighted by molar-refractivity contribution is 7.80. The van der Waals surface area contributed by atoms with Crippen LogP contribution < -0.4 is 16.2 Å². The number of nitrogens with two attached hydrogens (primary N) is 1. The van der Waals surface area contributed by atoms with Crippen LogP contribution in [0, 0.1) is 0 Å². The predicted octanol–water partition coefficient (Wildman–Crippen LogP) is 2.44. The molecule has 4 heteroatoms. The average Bonchev–Trinajstić information content (AvgIpc) is 2.40. The standard InChI is InChI=1S/C14H15N3S/c15-14(18)16-17(13-9-5-2-6-10-13)11-12-7-3-1-4-8-12/h1-10H,11H2,(H3,15,16,18). The van der Waals surface area contributed by atoms with Gasteiger partial charge in [-0.25, -0.2) is 0 Å². The molecule has 0 aliphatic heterocycles. The summed E-state index contributed by atoms with van der Waals surface area (Å²) in [4.78, 5) is 0. The van der Waals surface area contributed by atoms with Gasteiger partial charge in [0.2, 0.25) is 0 Å². The van der Waals surface area contributed by atoms with Crippen LogP contribution >= 0.6 is 12.2 Å². The number of hydrogen-bond donors (Lipinski definition) is 2. The zero-order chi connectivity index (χ0) is 12.8. The molecule has 2 aromatic carbocycles. The number of hydrazine groups is 1. The lowest BCUT2D eigenvalue weighted by Crippen LogP contribution is -2.44. The van der Waals surface area contributed by atoms with Crippen LogP contribution in [0.5, 0.6) is 0 Å². The van der Waals surface area contributed by atoms with Crippen molar-refractivity contribution in [1.82, 2.24) is 5.43 Å². The summed E-state index contributed by atoms with van der Waals surface area (Å²) in [6, 6.07) is 20.1. The van der Waals surface area contributed by atoms with E-state index in [2.05, 4.69) is 17.6 Å². The molecule has 3 N–H and O–H groups in total. The molecule has 3 nitrogen and oxygen atoms in total. The maximum Gasteiger partial charge on any atom is 0.182 e. The Morgan fingerprint density at radius 3 is 2.11 bits per heavy atom. The minimum atomic E-state index is 0.259. The summed E-state index contributed by atoms with van der Waals surface area (Å²) in [7, 11) is 0. The van der Waals surface area contributed by atoms with Gasteiger partial charge in [-0.1, -0.05) is 48.5 Å². The largest absolute Gasteiger partial charge is 0.375 e. The van der Waals surface area contributed by atoms with Crippen molar-refractivity contribution >= 4 is 23.0 Å². The minimum Gasteiger partial charge on any atom is -0.375 e.